The van der Waals surface area contributed by atoms with Crippen molar-refractivity contribution in [2.45, 2.75) is 6.61 Å². The predicted octanol–water partition coefficient (Wildman–Crippen LogP) is 4.92. The summed E-state index contributed by atoms with van der Waals surface area (Å²) < 4.78 is 5.68. The van der Waals surface area contributed by atoms with Crippen molar-refractivity contribution in [3.8, 4) is 5.75 Å². The first-order valence-electron chi connectivity index (χ1n) is 9.49. The number of hydrogen-bond donors (Lipinski definition) is 1. The van der Waals surface area contributed by atoms with Crippen molar-refractivity contribution in [3.05, 3.63) is 105 Å². The Kier molecular flexibility index (Phi) is 5.87. The van der Waals surface area contributed by atoms with Crippen LogP contribution in [0.3, 0.4) is 0 Å². The first-order valence-corrected chi connectivity index (χ1v) is 9.87. The zero-order valence-electron chi connectivity index (χ0n) is 16.5. The van der Waals surface area contributed by atoms with Crippen LogP contribution in [0.15, 0.2) is 78.5 Å². The van der Waals surface area contributed by atoms with Crippen molar-refractivity contribution in [3.63, 3.8) is 0 Å². The topological polar surface area (TPSA) is 102 Å². The van der Waals surface area contributed by atoms with Gasteiger partial charge in [-0.15, -0.1) is 0 Å². The second-order valence-electron chi connectivity index (χ2n) is 6.89. The molecule has 160 valence electrons. The fourth-order valence-electron chi connectivity index (χ4n) is 3.14. The van der Waals surface area contributed by atoms with Crippen molar-refractivity contribution >= 4 is 41.0 Å². The fourth-order valence-corrected chi connectivity index (χ4v) is 3.32. The highest BCUT2D eigenvalue weighted by molar-refractivity contribution is 6.32. The van der Waals surface area contributed by atoms with Gasteiger partial charge in [0.15, 0.2) is 0 Å². The molecule has 1 N–H and O–H groups in total. The molecule has 0 atom stereocenters. The normalized spacial score (nSPS) is 14.5. The van der Waals surface area contributed by atoms with Crippen LogP contribution in [0.1, 0.15) is 11.1 Å². The van der Waals surface area contributed by atoms with Crippen LogP contribution < -0.4 is 15.0 Å². The maximum absolute atomic E-state index is 12.7. The zero-order valence-corrected chi connectivity index (χ0v) is 17.3. The SMILES string of the molecule is O=C1N/C(=C/c2ccc(OCc3cccc([N+](=O)[O-])c3)cc2)C(=O)N1c1cccc(Cl)c1. The highest BCUT2D eigenvalue weighted by Crippen LogP contribution is 2.25. The highest BCUT2D eigenvalue weighted by Gasteiger charge is 2.34. The van der Waals surface area contributed by atoms with Crippen LogP contribution >= 0.6 is 11.6 Å². The van der Waals surface area contributed by atoms with E-state index in [1.165, 1.54) is 18.2 Å². The van der Waals surface area contributed by atoms with Gasteiger partial charge < -0.3 is 10.1 Å². The lowest BCUT2D eigenvalue weighted by atomic mass is 10.1. The number of amides is 3. The average Bonchev–Trinajstić information content (AvgIpc) is 3.06. The van der Waals surface area contributed by atoms with Crippen molar-refractivity contribution in [2.75, 3.05) is 4.90 Å². The summed E-state index contributed by atoms with van der Waals surface area (Å²) in [6, 6.07) is 19.0. The molecule has 9 heteroatoms. The van der Waals surface area contributed by atoms with Crippen molar-refractivity contribution in [1.82, 2.24) is 5.32 Å². The number of ether oxygens (including phenoxy) is 1. The number of anilines is 1. The van der Waals surface area contributed by atoms with Crippen molar-refractivity contribution in [2.24, 2.45) is 0 Å². The van der Waals surface area contributed by atoms with E-state index in [1.807, 2.05) is 0 Å². The van der Waals surface area contributed by atoms with Crippen LogP contribution in [-0.2, 0) is 11.4 Å². The number of nitro groups is 1. The van der Waals surface area contributed by atoms with Gasteiger partial charge in [-0.1, -0.05) is 41.9 Å². The van der Waals surface area contributed by atoms with E-state index in [2.05, 4.69) is 5.32 Å². The molecule has 3 aromatic carbocycles. The number of non-ortho nitro benzene ring substituents is 1. The molecule has 0 saturated carbocycles. The molecular weight excluding hydrogens is 434 g/mol. The summed E-state index contributed by atoms with van der Waals surface area (Å²) in [6.45, 7) is 0.172. The number of urea groups is 1. The quantitative estimate of drug-likeness (QED) is 0.249. The number of carbonyl (C=O) groups is 2. The molecule has 0 spiro atoms. The highest BCUT2D eigenvalue weighted by atomic mass is 35.5. The third kappa shape index (κ3) is 4.60. The maximum Gasteiger partial charge on any atom is 0.333 e. The number of imide groups is 1. The van der Waals surface area contributed by atoms with Gasteiger partial charge in [0.25, 0.3) is 11.6 Å². The van der Waals surface area contributed by atoms with Gasteiger partial charge in [-0.2, -0.15) is 0 Å². The molecule has 1 heterocycles. The molecule has 3 aromatic rings. The van der Waals surface area contributed by atoms with Crippen LogP contribution in [0.25, 0.3) is 6.08 Å². The van der Waals surface area contributed by atoms with Crippen LogP contribution in [0.2, 0.25) is 5.02 Å². The second-order valence-corrected chi connectivity index (χ2v) is 7.33. The number of nitro benzene ring substituents is 1. The monoisotopic (exact) mass is 449 g/mol. The Morgan fingerprint density at radius 2 is 1.78 bits per heavy atom. The molecule has 4 rings (SSSR count). The second kappa shape index (κ2) is 8.91. The van der Waals surface area contributed by atoms with E-state index in [1.54, 1.807) is 60.7 Å². The number of nitrogens with one attached hydrogen (secondary N) is 1. The average molecular weight is 450 g/mol. The van der Waals surface area contributed by atoms with E-state index in [4.69, 9.17) is 16.3 Å². The van der Waals surface area contributed by atoms with E-state index in [0.717, 1.165) is 4.90 Å². The molecule has 32 heavy (non-hydrogen) atoms. The van der Waals surface area contributed by atoms with Crippen LogP contribution in [0.5, 0.6) is 5.75 Å². The van der Waals surface area contributed by atoms with Crippen LogP contribution in [-0.4, -0.2) is 16.9 Å². The van der Waals surface area contributed by atoms with Gasteiger partial charge in [0.2, 0.25) is 0 Å². The molecule has 1 saturated heterocycles. The third-order valence-corrected chi connectivity index (χ3v) is 4.90. The van der Waals surface area contributed by atoms with Crippen LogP contribution in [0, 0.1) is 10.1 Å². The van der Waals surface area contributed by atoms with Gasteiger partial charge in [-0.3, -0.25) is 14.9 Å². The number of rotatable bonds is 6. The van der Waals surface area contributed by atoms with Gasteiger partial charge in [0.05, 0.1) is 10.6 Å². The summed E-state index contributed by atoms with van der Waals surface area (Å²) in [5, 5.41) is 13.8. The summed E-state index contributed by atoms with van der Waals surface area (Å²) in [7, 11) is 0. The lowest BCUT2D eigenvalue weighted by molar-refractivity contribution is -0.384. The first kappa shape index (κ1) is 21.1. The maximum atomic E-state index is 12.7. The summed E-state index contributed by atoms with van der Waals surface area (Å²) in [5.74, 6) is 0.0734. The molecule has 0 aliphatic carbocycles. The Morgan fingerprint density at radius 1 is 1.03 bits per heavy atom. The first-order chi connectivity index (χ1) is 15.4. The Labute approximate surface area is 187 Å². The lowest BCUT2D eigenvalue weighted by Crippen LogP contribution is -2.30. The Bertz CT molecular complexity index is 1240. The molecule has 8 nitrogen and oxygen atoms in total. The number of benzene rings is 3. The van der Waals surface area contributed by atoms with E-state index in [0.29, 0.717) is 27.6 Å². The molecule has 0 unspecified atom stereocenters. The molecular formula is C23H16ClN3O5. The lowest BCUT2D eigenvalue weighted by Gasteiger charge is -2.11. The van der Waals surface area contributed by atoms with E-state index in [-0.39, 0.29) is 18.0 Å². The van der Waals surface area contributed by atoms with Gasteiger partial charge in [0, 0.05) is 17.2 Å². The molecule has 3 amide bonds. The predicted molar refractivity (Wildman–Crippen MR) is 119 cm³/mol. The molecule has 0 aromatic heterocycles. The minimum atomic E-state index is -0.555. The summed E-state index contributed by atoms with van der Waals surface area (Å²) in [4.78, 5) is 36.4. The molecule has 1 fully saturated rings. The Hall–Kier alpha value is -4.17. The number of hydrogen-bond acceptors (Lipinski definition) is 5. The Balaban J connectivity index is 1.44. The summed E-state index contributed by atoms with van der Waals surface area (Å²) in [5.41, 5.74) is 1.88. The zero-order chi connectivity index (χ0) is 22.7. The fraction of sp³-hybridized carbons (Fsp3) is 0.0435. The standard InChI is InChI=1S/C23H16ClN3O5/c24-17-4-2-5-18(13-17)26-22(28)21(25-23(26)29)12-15-7-9-20(10-8-15)32-14-16-3-1-6-19(11-16)27(30)31/h1-13H,14H2,(H,25,29)/b21-12+. The minimum absolute atomic E-state index is 0.00293. The van der Waals surface area contributed by atoms with Gasteiger partial charge in [-0.05, 0) is 47.5 Å². The third-order valence-electron chi connectivity index (χ3n) is 4.66. The van der Waals surface area contributed by atoms with E-state index < -0.39 is 16.9 Å². The van der Waals surface area contributed by atoms with Gasteiger partial charge in [0.1, 0.15) is 18.1 Å². The molecule has 0 radical (unpaired) electrons. The number of halogens is 1. The summed E-state index contributed by atoms with van der Waals surface area (Å²) in [6.07, 6.45) is 1.56. The number of nitrogens with zero attached hydrogens (tertiary/aromatic N) is 2. The van der Waals surface area contributed by atoms with Crippen LogP contribution in [0.4, 0.5) is 16.2 Å². The molecule has 0 bridgehead atoms. The minimum Gasteiger partial charge on any atom is -0.489 e. The largest absolute Gasteiger partial charge is 0.489 e. The van der Waals surface area contributed by atoms with E-state index in [9.17, 15) is 19.7 Å². The van der Waals surface area contributed by atoms with Crippen molar-refractivity contribution < 1.29 is 19.2 Å². The molecule has 1 aliphatic rings. The van der Waals surface area contributed by atoms with Crippen molar-refractivity contribution in [1.29, 1.82) is 0 Å². The summed E-state index contributed by atoms with van der Waals surface area (Å²) >= 11 is 5.96. The van der Waals surface area contributed by atoms with Gasteiger partial charge >= 0.3 is 6.03 Å². The molecule has 1 aliphatic heterocycles. The number of carbonyl (C=O) groups excluding carboxylic acids is 2. The Morgan fingerprint density at radius 3 is 2.50 bits per heavy atom. The van der Waals surface area contributed by atoms with Gasteiger partial charge in [-0.25, -0.2) is 9.69 Å². The van der Waals surface area contributed by atoms with E-state index >= 15 is 0 Å². The smallest absolute Gasteiger partial charge is 0.333 e.